The van der Waals surface area contributed by atoms with Gasteiger partial charge in [-0.1, -0.05) is 11.3 Å². The van der Waals surface area contributed by atoms with Gasteiger partial charge in [0, 0.05) is 25.4 Å². The van der Waals surface area contributed by atoms with Gasteiger partial charge in [-0.2, -0.15) is 4.98 Å². The zero-order chi connectivity index (χ0) is 21.0. The summed E-state index contributed by atoms with van der Waals surface area (Å²) in [5, 5.41) is 14.6. The van der Waals surface area contributed by atoms with Crippen molar-refractivity contribution in [3.63, 3.8) is 0 Å². The van der Waals surface area contributed by atoms with E-state index < -0.39 is 11.2 Å². The maximum absolute atomic E-state index is 12.6. The molecule has 0 amide bonds. The van der Waals surface area contributed by atoms with Crippen LogP contribution in [0, 0.1) is 0 Å². The highest BCUT2D eigenvalue weighted by molar-refractivity contribution is 7.91. The summed E-state index contributed by atoms with van der Waals surface area (Å²) in [6, 6.07) is 0. The van der Waals surface area contributed by atoms with Crippen LogP contribution in [0.15, 0.2) is 10.4 Å². The van der Waals surface area contributed by atoms with Gasteiger partial charge in [0.2, 0.25) is 10.8 Å². The molecule has 0 spiro atoms. The van der Waals surface area contributed by atoms with Crippen LogP contribution in [0.2, 0.25) is 0 Å². The van der Waals surface area contributed by atoms with Gasteiger partial charge < -0.3 is 19.9 Å². The molecule has 6 rings (SSSR count). The van der Waals surface area contributed by atoms with Crippen molar-refractivity contribution in [2.24, 2.45) is 0 Å². The number of rotatable bonds is 5. The van der Waals surface area contributed by atoms with Crippen LogP contribution in [-0.2, 0) is 17.6 Å². The van der Waals surface area contributed by atoms with Crippen molar-refractivity contribution in [3.8, 4) is 0 Å². The molecule has 0 unspecified atom stereocenters. The molecular formula is C20H24N6O2S3. The van der Waals surface area contributed by atoms with Crippen LogP contribution in [0.1, 0.15) is 48.7 Å². The molecule has 164 valence electrons. The first-order valence-corrected chi connectivity index (χ1v) is 13.8. The number of fused-ring (bicyclic) bond motifs is 2. The van der Waals surface area contributed by atoms with Crippen LogP contribution < -0.4 is 10.2 Å². The molecule has 0 aromatic carbocycles. The van der Waals surface area contributed by atoms with Crippen LogP contribution in [0.25, 0.3) is 9.66 Å². The zero-order valence-electron chi connectivity index (χ0n) is 17.0. The van der Waals surface area contributed by atoms with Gasteiger partial charge in [0.1, 0.15) is 11.4 Å². The van der Waals surface area contributed by atoms with Crippen LogP contribution in [0.5, 0.6) is 0 Å². The van der Waals surface area contributed by atoms with Crippen molar-refractivity contribution in [2.75, 3.05) is 35.7 Å². The van der Waals surface area contributed by atoms with E-state index in [1.807, 2.05) is 5.51 Å². The molecule has 3 aromatic rings. The Balaban J connectivity index is 1.23. The summed E-state index contributed by atoms with van der Waals surface area (Å²) in [7, 11) is 0. The molecule has 0 bridgehead atoms. The summed E-state index contributed by atoms with van der Waals surface area (Å²) in [5.74, 6) is 2.44. The van der Waals surface area contributed by atoms with E-state index in [1.165, 1.54) is 5.01 Å². The first-order chi connectivity index (χ1) is 15.1. The predicted molar refractivity (Wildman–Crippen MR) is 124 cm³/mol. The summed E-state index contributed by atoms with van der Waals surface area (Å²) in [4.78, 5) is 23.9. The Hall–Kier alpha value is -1.53. The highest BCUT2D eigenvalue weighted by Gasteiger charge is 2.41. The minimum absolute atomic E-state index is 0.0687. The molecule has 2 N–H and O–H groups in total. The van der Waals surface area contributed by atoms with Gasteiger partial charge in [-0.05, 0) is 43.3 Å². The normalized spacial score (nSPS) is 23.2. The number of anilines is 2. The molecule has 2 fully saturated rings. The number of nitrogens with one attached hydrogen (secondary N) is 1. The van der Waals surface area contributed by atoms with Crippen LogP contribution in [0.3, 0.4) is 0 Å². The predicted octanol–water partition coefficient (Wildman–Crippen LogP) is 2.92. The molecule has 1 saturated heterocycles. The number of hydrogen-bond acceptors (Lipinski definition) is 10. The molecule has 2 aliphatic heterocycles. The number of hydrogen-bond donors (Lipinski definition) is 2. The van der Waals surface area contributed by atoms with Gasteiger partial charge >= 0.3 is 0 Å². The molecule has 5 heterocycles. The van der Waals surface area contributed by atoms with E-state index in [4.69, 9.17) is 15.0 Å². The average Bonchev–Trinajstić information content (AvgIpc) is 3.46. The topological polar surface area (TPSA) is 110 Å². The smallest absolute Gasteiger partial charge is 0.227 e. The number of aliphatic hydroxyl groups excluding tert-OH is 1. The van der Waals surface area contributed by atoms with Crippen molar-refractivity contribution in [1.82, 2.24) is 19.9 Å². The lowest BCUT2D eigenvalue weighted by atomic mass is 9.77. The Labute approximate surface area is 191 Å². The summed E-state index contributed by atoms with van der Waals surface area (Å²) in [6.07, 6.45) is 5.66. The van der Waals surface area contributed by atoms with E-state index in [9.17, 15) is 9.66 Å². The maximum Gasteiger partial charge on any atom is 0.227 e. The van der Waals surface area contributed by atoms with E-state index >= 15 is 0 Å². The third-order valence-corrected chi connectivity index (χ3v) is 10.2. The third kappa shape index (κ3) is 3.50. The van der Waals surface area contributed by atoms with E-state index in [0.29, 0.717) is 23.4 Å². The van der Waals surface area contributed by atoms with Crippen molar-refractivity contribution in [2.45, 2.75) is 54.9 Å². The lowest BCUT2D eigenvalue weighted by Crippen LogP contribution is -2.49. The molecule has 1 aliphatic carbocycles. The van der Waals surface area contributed by atoms with E-state index in [-0.39, 0.29) is 12.1 Å². The highest BCUT2D eigenvalue weighted by atomic mass is 32.2. The Morgan fingerprint density at radius 3 is 2.77 bits per heavy atom. The quantitative estimate of drug-likeness (QED) is 0.541. The van der Waals surface area contributed by atoms with Crippen LogP contribution in [-0.4, -0.2) is 60.6 Å². The van der Waals surface area contributed by atoms with Gasteiger partial charge in [0.25, 0.3) is 0 Å². The minimum atomic E-state index is -1.07. The van der Waals surface area contributed by atoms with Crippen LogP contribution in [0.4, 0.5) is 11.8 Å². The summed E-state index contributed by atoms with van der Waals surface area (Å²) in [5.41, 5.74) is 2.42. The van der Waals surface area contributed by atoms with Crippen molar-refractivity contribution < 1.29 is 9.66 Å². The zero-order valence-corrected chi connectivity index (χ0v) is 19.5. The minimum Gasteiger partial charge on any atom is -0.611 e. The number of thiazole rings is 2. The van der Waals surface area contributed by atoms with Gasteiger partial charge in [-0.3, -0.25) is 0 Å². The largest absolute Gasteiger partial charge is 0.611 e. The maximum atomic E-state index is 12.6. The number of aliphatic hydroxyl groups is 1. The molecule has 8 nitrogen and oxygen atoms in total. The van der Waals surface area contributed by atoms with Crippen molar-refractivity contribution in [3.05, 3.63) is 16.2 Å². The van der Waals surface area contributed by atoms with E-state index in [1.54, 1.807) is 22.7 Å². The van der Waals surface area contributed by atoms with Gasteiger partial charge in [-0.15, -0.1) is 11.3 Å². The Morgan fingerprint density at radius 2 is 2.06 bits per heavy atom. The van der Waals surface area contributed by atoms with Crippen molar-refractivity contribution >= 4 is 55.3 Å². The fraction of sp³-hybridized carbons (Fsp3) is 0.600. The monoisotopic (exact) mass is 476 g/mol. The molecule has 31 heavy (non-hydrogen) atoms. The third-order valence-electron chi connectivity index (χ3n) is 6.73. The fourth-order valence-corrected chi connectivity index (χ4v) is 7.92. The van der Waals surface area contributed by atoms with Gasteiger partial charge in [0.05, 0.1) is 22.7 Å². The van der Waals surface area contributed by atoms with Gasteiger partial charge in [-0.25, -0.2) is 15.0 Å². The lowest BCUT2D eigenvalue weighted by Gasteiger charge is -2.41. The molecule has 0 radical (unpaired) electrons. The Bertz CT molecular complexity index is 1070. The van der Waals surface area contributed by atoms with Crippen LogP contribution >= 0.6 is 22.7 Å². The standard InChI is InChI=1S/C20H24N6O2S3/c27-10-20(5-1-6-20)25-15-14-13(4-9-31(14)28)22-19(23-15)26-7-2-12(3-8-26)16-24-18-17(30-16)21-11-29-18/h11-12,27H,1-10H2,(H,22,23,25)/t31-/m1/s1. The van der Waals surface area contributed by atoms with Crippen molar-refractivity contribution in [1.29, 1.82) is 0 Å². The molecule has 1 atom stereocenters. The first kappa shape index (κ1) is 20.1. The summed E-state index contributed by atoms with van der Waals surface area (Å²) >= 11 is 2.25. The fourth-order valence-electron chi connectivity index (χ4n) is 4.68. The summed E-state index contributed by atoms with van der Waals surface area (Å²) < 4.78 is 12.6. The average molecular weight is 477 g/mol. The second-order valence-electron chi connectivity index (χ2n) is 8.64. The molecule has 3 aliphatic rings. The SMILES string of the molecule is [O-][S@+]1CCc2nc(N3CCC(c4nc5scnc5s4)CC3)nc(NC3(CO)CCC3)c21. The molecular weight excluding hydrogens is 452 g/mol. The number of piperidine rings is 1. The van der Waals surface area contributed by atoms with E-state index in [0.717, 1.165) is 71.9 Å². The van der Waals surface area contributed by atoms with Gasteiger partial charge in [0.15, 0.2) is 15.5 Å². The molecule has 11 heteroatoms. The lowest BCUT2D eigenvalue weighted by molar-refractivity contribution is 0.143. The first-order valence-electron chi connectivity index (χ1n) is 10.8. The molecule has 1 saturated carbocycles. The Morgan fingerprint density at radius 1 is 1.23 bits per heavy atom. The second-order valence-corrected chi connectivity index (χ2v) is 12.0. The number of aryl methyl sites for hydroxylation is 1. The Kier molecular flexibility index (Phi) is 5.06. The van der Waals surface area contributed by atoms with E-state index in [2.05, 4.69) is 15.2 Å². The highest BCUT2D eigenvalue weighted by Crippen LogP contribution is 2.40. The summed E-state index contributed by atoms with van der Waals surface area (Å²) in [6.45, 7) is 1.81. The number of aromatic nitrogens is 4. The second kappa shape index (κ2) is 7.80. The number of nitrogens with zero attached hydrogens (tertiary/aromatic N) is 5. The molecule has 3 aromatic heterocycles.